The van der Waals surface area contributed by atoms with Crippen molar-refractivity contribution in [1.29, 1.82) is 0 Å². The number of hydrogen-bond donors (Lipinski definition) is 0. The van der Waals surface area contributed by atoms with Crippen molar-refractivity contribution < 1.29 is 28.4 Å². The Morgan fingerprint density at radius 2 is 1.90 bits per heavy atom. The molecule has 1 saturated carbocycles. The van der Waals surface area contributed by atoms with Crippen LogP contribution < -0.4 is 0 Å². The Morgan fingerprint density at radius 1 is 1.30 bits per heavy atom. The second kappa shape index (κ2) is 4.12. The van der Waals surface area contributed by atoms with Gasteiger partial charge in [0.2, 0.25) is 0 Å². The van der Waals surface area contributed by atoms with Crippen molar-refractivity contribution >= 4 is 5.97 Å². The van der Waals surface area contributed by atoms with Crippen LogP contribution in [0.5, 0.6) is 0 Å². The molecule has 0 aromatic carbocycles. The minimum atomic E-state index is -0.00972. The first kappa shape index (κ1) is 8.26. The Morgan fingerprint density at radius 3 is 2.40 bits per heavy atom. The van der Waals surface area contributed by atoms with E-state index in [0.29, 0.717) is 0 Å². The number of rotatable bonds is 1. The van der Waals surface area contributed by atoms with Crippen LogP contribution in [0.15, 0.2) is 0 Å². The molecule has 2 nitrogen and oxygen atoms in total. The molecule has 0 N–H and O–H groups in total. The zero-order chi connectivity index (χ0) is 7.40. The van der Waals surface area contributed by atoms with Crippen molar-refractivity contribution in [2.45, 2.75) is 32.1 Å². The SMILES string of the molecule is O=C([O][Mo])C1CCCCC1. The summed E-state index contributed by atoms with van der Waals surface area (Å²) in [6.45, 7) is 0. The summed E-state index contributed by atoms with van der Waals surface area (Å²) in [5, 5.41) is 0. The normalized spacial score (nSPS) is 20.4. The molecule has 0 radical (unpaired) electrons. The maximum atomic E-state index is 10.9. The third-order valence-electron chi connectivity index (χ3n) is 2.02. The second-order valence-corrected chi connectivity index (χ2v) is 3.15. The molecule has 0 unspecified atom stereocenters. The zero-order valence-corrected chi connectivity index (χ0v) is 7.84. The van der Waals surface area contributed by atoms with E-state index in [0.717, 1.165) is 12.8 Å². The first-order valence-corrected chi connectivity index (χ1v) is 4.50. The summed E-state index contributed by atoms with van der Waals surface area (Å²) in [5.41, 5.74) is 0. The van der Waals surface area contributed by atoms with Gasteiger partial charge < -0.3 is 0 Å². The van der Waals surface area contributed by atoms with Crippen molar-refractivity contribution in [2.24, 2.45) is 5.92 Å². The molecular formula is C7H11MoO2. The Kier molecular flexibility index (Phi) is 3.40. The Labute approximate surface area is 72.7 Å². The van der Waals surface area contributed by atoms with E-state index >= 15 is 0 Å². The van der Waals surface area contributed by atoms with Crippen LogP contribution in [0.2, 0.25) is 0 Å². The number of carbonyl (C=O) groups excluding carboxylic acids is 1. The monoisotopic (exact) mass is 225 g/mol. The second-order valence-electron chi connectivity index (χ2n) is 2.74. The molecule has 1 aliphatic rings. The van der Waals surface area contributed by atoms with E-state index in [9.17, 15) is 4.79 Å². The fourth-order valence-electron chi connectivity index (χ4n) is 1.41. The molecule has 0 heterocycles. The van der Waals surface area contributed by atoms with Crippen molar-refractivity contribution in [3.8, 4) is 0 Å². The average Bonchev–Trinajstić information content (AvgIpc) is 2.05. The van der Waals surface area contributed by atoms with E-state index in [1.807, 2.05) is 0 Å². The van der Waals surface area contributed by atoms with Gasteiger partial charge in [0.15, 0.2) is 0 Å². The van der Waals surface area contributed by atoms with Crippen LogP contribution in [0.4, 0.5) is 0 Å². The van der Waals surface area contributed by atoms with Gasteiger partial charge in [-0.05, 0) is 0 Å². The molecule has 0 aliphatic heterocycles. The van der Waals surface area contributed by atoms with Gasteiger partial charge in [-0.15, -0.1) is 0 Å². The van der Waals surface area contributed by atoms with E-state index < -0.39 is 0 Å². The van der Waals surface area contributed by atoms with Crippen LogP contribution in [-0.2, 0) is 28.4 Å². The topological polar surface area (TPSA) is 26.3 Å². The Hall–Kier alpha value is 0.158. The predicted molar refractivity (Wildman–Crippen MR) is 32.7 cm³/mol. The van der Waals surface area contributed by atoms with Gasteiger partial charge in [-0.1, -0.05) is 0 Å². The van der Waals surface area contributed by atoms with Gasteiger partial charge in [-0.25, -0.2) is 0 Å². The molecule has 10 heavy (non-hydrogen) atoms. The Bertz CT molecular complexity index is 119. The summed E-state index contributed by atoms with van der Waals surface area (Å²) in [6, 6.07) is 0. The third kappa shape index (κ3) is 2.09. The van der Waals surface area contributed by atoms with Crippen LogP contribution in [0.3, 0.4) is 0 Å². The van der Waals surface area contributed by atoms with E-state index in [-0.39, 0.29) is 11.9 Å². The molecule has 1 rings (SSSR count). The molecule has 1 fully saturated rings. The molecule has 0 saturated heterocycles. The average molecular weight is 223 g/mol. The van der Waals surface area contributed by atoms with Gasteiger partial charge >= 0.3 is 72.4 Å². The summed E-state index contributed by atoms with van der Waals surface area (Å²) in [7, 11) is 0. The molecule has 0 aromatic heterocycles. The molecular weight excluding hydrogens is 212 g/mol. The molecule has 0 aromatic rings. The number of carbonyl (C=O) groups is 1. The van der Waals surface area contributed by atoms with Crippen LogP contribution in [0.25, 0.3) is 0 Å². The molecule has 0 bridgehead atoms. The fraction of sp³-hybridized carbons (Fsp3) is 0.857. The number of hydrogen-bond acceptors (Lipinski definition) is 2. The first-order valence-electron chi connectivity index (χ1n) is 3.68. The maximum absolute atomic E-state index is 10.9. The van der Waals surface area contributed by atoms with Crippen molar-refractivity contribution in [3.63, 3.8) is 0 Å². The zero-order valence-electron chi connectivity index (χ0n) is 5.84. The first-order chi connectivity index (χ1) is 4.84. The molecule has 0 atom stereocenters. The van der Waals surface area contributed by atoms with E-state index in [4.69, 9.17) is 0 Å². The third-order valence-corrected chi connectivity index (χ3v) is 2.42. The fourth-order valence-corrected chi connectivity index (χ4v) is 1.74. The Balaban J connectivity index is 2.31. The summed E-state index contributed by atoms with van der Waals surface area (Å²) in [5.74, 6) is 0.200. The minimum absolute atomic E-state index is 0.00972. The van der Waals surface area contributed by atoms with Crippen molar-refractivity contribution in [1.82, 2.24) is 0 Å². The van der Waals surface area contributed by atoms with Crippen LogP contribution in [0.1, 0.15) is 32.1 Å². The quantitative estimate of drug-likeness (QED) is 0.630. The van der Waals surface area contributed by atoms with Crippen molar-refractivity contribution in [2.75, 3.05) is 0 Å². The van der Waals surface area contributed by atoms with Crippen LogP contribution in [-0.4, -0.2) is 5.97 Å². The summed E-state index contributed by atoms with van der Waals surface area (Å²) in [6.07, 6.45) is 5.75. The summed E-state index contributed by atoms with van der Waals surface area (Å²) >= 11 is 1.40. The van der Waals surface area contributed by atoms with Crippen LogP contribution in [0, 0.1) is 5.92 Å². The van der Waals surface area contributed by atoms with Crippen LogP contribution >= 0.6 is 0 Å². The molecule has 0 amide bonds. The van der Waals surface area contributed by atoms with E-state index in [1.165, 1.54) is 39.5 Å². The van der Waals surface area contributed by atoms with Gasteiger partial charge in [0.25, 0.3) is 0 Å². The van der Waals surface area contributed by atoms with Gasteiger partial charge in [-0.2, -0.15) is 0 Å². The van der Waals surface area contributed by atoms with Gasteiger partial charge in [0, 0.05) is 0 Å². The van der Waals surface area contributed by atoms with E-state index in [2.05, 4.69) is 3.39 Å². The standard InChI is InChI=1S/C7H12O2.Mo/c8-7(9)6-4-2-1-3-5-6;/h6H,1-5H2,(H,8,9);/q;+1/p-1. The molecule has 1 aliphatic carbocycles. The van der Waals surface area contributed by atoms with Gasteiger partial charge in [0.05, 0.1) is 0 Å². The summed E-state index contributed by atoms with van der Waals surface area (Å²) < 4.78 is 4.66. The predicted octanol–water partition coefficient (Wildman–Crippen LogP) is 1.57. The molecule has 57 valence electrons. The molecule has 3 heteroatoms. The molecule has 0 spiro atoms. The van der Waals surface area contributed by atoms with Gasteiger partial charge in [0.1, 0.15) is 0 Å². The van der Waals surface area contributed by atoms with Crippen molar-refractivity contribution in [3.05, 3.63) is 0 Å². The van der Waals surface area contributed by atoms with Gasteiger partial charge in [-0.3, -0.25) is 0 Å². The van der Waals surface area contributed by atoms with E-state index in [1.54, 1.807) is 0 Å². The summed E-state index contributed by atoms with van der Waals surface area (Å²) in [4.78, 5) is 10.9.